The van der Waals surface area contributed by atoms with Crippen molar-refractivity contribution in [3.05, 3.63) is 28.0 Å². The molecule has 2 aromatic rings. The van der Waals surface area contributed by atoms with Crippen LogP contribution in [-0.2, 0) is 18.3 Å². The summed E-state index contributed by atoms with van der Waals surface area (Å²) in [5, 5.41) is 6.75. The van der Waals surface area contributed by atoms with Crippen LogP contribution < -0.4 is 5.73 Å². The van der Waals surface area contributed by atoms with Crippen LogP contribution in [0.15, 0.2) is 11.6 Å². The number of nitrogens with two attached hydrogens (primary N) is 1. The maximum Gasteiger partial charge on any atom is 0.273 e. The van der Waals surface area contributed by atoms with E-state index in [4.69, 9.17) is 17.3 Å². The second-order valence-corrected chi connectivity index (χ2v) is 7.47. The molecule has 2 amide bonds. The van der Waals surface area contributed by atoms with Crippen LogP contribution in [0.3, 0.4) is 0 Å². The molecule has 140 valence electrons. The fourth-order valence-corrected chi connectivity index (χ4v) is 3.85. The summed E-state index contributed by atoms with van der Waals surface area (Å²) in [4.78, 5) is 32.9. The van der Waals surface area contributed by atoms with E-state index in [2.05, 4.69) is 10.1 Å². The van der Waals surface area contributed by atoms with Gasteiger partial charge in [-0.15, -0.1) is 11.3 Å². The average Bonchev–Trinajstić information content (AvgIpc) is 3.07. The molecule has 2 N–H and O–H groups in total. The van der Waals surface area contributed by atoms with E-state index in [1.807, 2.05) is 10.3 Å². The smallest absolute Gasteiger partial charge is 0.273 e. The Balaban J connectivity index is 1.56. The highest BCUT2D eigenvalue weighted by atomic mass is 35.5. The van der Waals surface area contributed by atoms with Gasteiger partial charge in [-0.25, -0.2) is 4.98 Å². The molecule has 1 saturated heterocycles. The second-order valence-electron chi connectivity index (χ2n) is 6.17. The summed E-state index contributed by atoms with van der Waals surface area (Å²) in [6, 6.07) is 0. The molecule has 10 heteroatoms. The minimum atomic E-state index is -0.151. The summed E-state index contributed by atoms with van der Waals surface area (Å²) < 4.78 is 1.48. The Kier molecular flexibility index (Phi) is 5.77. The molecule has 1 aliphatic heterocycles. The Labute approximate surface area is 160 Å². The molecule has 1 fully saturated rings. The SMILES string of the molecule is Cn1ncc(Cl)c1C(=O)N1CCCN(C(=O)CCc2csc(N)n2)CC1. The molecule has 3 heterocycles. The van der Waals surface area contributed by atoms with Gasteiger partial charge >= 0.3 is 0 Å². The van der Waals surface area contributed by atoms with Gasteiger partial charge in [0.15, 0.2) is 5.13 Å². The zero-order valence-electron chi connectivity index (χ0n) is 14.5. The number of thiazole rings is 1. The molecule has 0 aliphatic carbocycles. The summed E-state index contributed by atoms with van der Waals surface area (Å²) in [5.41, 5.74) is 6.84. The lowest BCUT2D eigenvalue weighted by molar-refractivity contribution is -0.131. The highest BCUT2D eigenvalue weighted by molar-refractivity contribution is 7.13. The Morgan fingerprint density at radius 2 is 2.00 bits per heavy atom. The lowest BCUT2D eigenvalue weighted by Gasteiger charge is -2.22. The number of hydrogen-bond donors (Lipinski definition) is 1. The molecule has 8 nitrogen and oxygen atoms in total. The lowest BCUT2D eigenvalue weighted by atomic mass is 10.2. The molecule has 0 aromatic carbocycles. The summed E-state index contributed by atoms with van der Waals surface area (Å²) in [7, 11) is 1.69. The van der Waals surface area contributed by atoms with Crippen molar-refractivity contribution in [3.8, 4) is 0 Å². The van der Waals surface area contributed by atoms with Gasteiger partial charge in [-0.3, -0.25) is 14.3 Å². The fraction of sp³-hybridized carbons (Fsp3) is 0.500. The maximum absolute atomic E-state index is 12.7. The van der Waals surface area contributed by atoms with E-state index < -0.39 is 0 Å². The molecule has 0 radical (unpaired) electrons. The minimum Gasteiger partial charge on any atom is -0.375 e. The first kappa shape index (κ1) is 18.7. The van der Waals surface area contributed by atoms with Crippen molar-refractivity contribution in [1.29, 1.82) is 0 Å². The predicted octanol–water partition coefficient (Wildman–Crippen LogP) is 1.42. The minimum absolute atomic E-state index is 0.0736. The molecular weight excluding hydrogens is 376 g/mol. The molecule has 0 saturated carbocycles. The number of aryl methyl sites for hydroxylation is 2. The highest BCUT2D eigenvalue weighted by Crippen LogP contribution is 2.18. The van der Waals surface area contributed by atoms with Gasteiger partial charge in [0.05, 0.1) is 16.9 Å². The molecule has 1 aliphatic rings. The van der Waals surface area contributed by atoms with Crippen LogP contribution in [0.1, 0.15) is 29.0 Å². The van der Waals surface area contributed by atoms with Crippen molar-refractivity contribution in [2.24, 2.45) is 7.05 Å². The monoisotopic (exact) mass is 396 g/mol. The van der Waals surface area contributed by atoms with E-state index >= 15 is 0 Å². The van der Waals surface area contributed by atoms with Crippen molar-refractivity contribution in [2.45, 2.75) is 19.3 Å². The first-order valence-corrected chi connectivity index (χ1v) is 9.66. The van der Waals surface area contributed by atoms with E-state index in [9.17, 15) is 9.59 Å². The van der Waals surface area contributed by atoms with Crippen LogP contribution in [0.2, 0.25) is 5.02 Å². The van der Waals surface area contributed by atoms with Crippen LogP contribution in [0, 0.1) is 0 Å². The lowest BCUT2D eigenvalue weighted by Crippen LogP contribution is -2.38. The van der Waals surface area contributed by atoms with Crippen LogP contribution in [0.5, 0.6) is 0 Å². The van der Waals surface area contributed by atoms with Gasteiger partial charge in [-0.05, 0) is 12.8 Å². The normalized spacial score (nSPS) is 15.2. The third-order valence-corrected chi connectivity index (χ3v) is 5.40. The van der Waals surface area contributed by atoms with E-state index in [1.54, 1.807) is 11.9 Å². The Hall–Kier alpha value is -2.13. The van der Waals surface area contributed by atoms with Crippen LogP contribution in [-0.4, -0.2) is 62.6 Å². The number of nitrogens with zero attached hydrogens (tertiary/aromatic N) is 5. The topological polar surface area (TPSA) is 97.4 Å². The Bertz CT molecular complexity index is 785. The number of amides is 2. The van der Waals surface area contributed by atoms with Crippen LogP contribution in [0.4, 0.5) is 5.13 Å². The summed E-state index contributed by atoms with van der Waals surface area (Å²) in [6.45, 7) is 2.22. The quantitative estimate of drug-likeness (QED) is 0.842. The summed E-state index contributed by atoms with van der Waals surface area (Å²) in [6.07, 6.45) is 3.17. The Morgan fingerprint density at radius 3 is 2.65 bits per heavy atom. The third kappa shape index (κ3) is 4.16. The predicted molar refractivity (Wildman–Crippen MR) is 100 cm³/mol. The van der Waals surface area contributed by atoms with Crippen molar-refractivity contribution >= 4 is 39.9 Å². The van der Waals surface area contributed by atoms with E-state index in [0.29, 0.717) is 54.9 Å². The summed E-state index contributed by atoms with van der Waals surface area (Å²) in [5.74, 6) is -0.0771. The number of nitrogen functional groups attached to an aromatic ring is 1. The van der Waals surface area contributed by atoms with Gasteiger partial charge in [0, 0.05) is 45.0 Å². The van der Waals surface area contributed by atoms with Gasteiger partial charge in [-0.2, -0.15) is 5.10 Å². The van der Waals surface area contributed by atoms with Crippen LogP contribution in [0.25, 0.3) is 0 Å². The van der Waals surface area contributed by atoms with Gasteiger partial charge < -0.3 is 15.5 Å². The van der Waals surface area contributed by atoms with Gasteiger partial charge in [-0.1, -0.05) is 11.6 Å². The van der Waals surface area contributed by atoms with Crippen molar-refractivity contribution in [3.63, 3.8) is 0 Å². The van der Waals surface area contributed by atoms with E-state index in [1.165, 1.54) is 22.2 Å². The van der Waals surface area contributed by atoms with Crippen molar-refractivity contribution < 1.29 is 9.59 Å². The Morgan fingerprint density at radius 1 is 1.27 bits per heavy atom. The molecule has 0 unspecified atom stereocenters. The number of halogens is 1. The van der Waals surface area contributed by atoms with Crippen LogP contribution >= 0.6 is 22.9 Å². The number of hydrogen-bond acceptors (Lipinski definition) is 6. The van der Waals surface area contributed by atoms with E-state index in [-0.39, 0.29) is 11.8 Å². The van der Waals surface area contributed by atoms with Gasteiger partial charge in [0.2, 0.25) is 5.91 Å². The van der Waals surface area contributed by atoms with Gasteiger partial charge in [0.1, 0.15) is 5.69 Å². The van der Waals surface area contributed by atoms with Crippen molar-refractivity contribution in [1.82, 2.24) is 24.6 Å². The van der Waals surface area contributed by atoms with Gasteiger partial charge in [0.25, 0.3) is 5.91 Å². The number of aromatic nitrogens is 3. The average molecular weight is 397 g/mol. The zero-order chi connectivity index (χ0) is 18.7. The first-order chi connectivity index (χ1) is 12.5. The standard InChI is InChI=1S/C16H21ClN6O2S/c1-21-14(12(17)9-19-21)15(25)23-6-2-5-22(7-8-23)13(24)4-3-11-10-26-16(18)20-11/h9-10H,2-8H2,1H3,(H2,18,20). The van der Waals surface area contributed by atoms with Crippen molar-refractivity contribution in [2.75, 3.05) is 31.9 Å². The highest BCUT2D eigenvalue weighted by Gasteiger charge is 2.26. The zero-order valence-corrected chi connectivity index (χ0v) is 16.1. The number of carbonyl (C=O) groups excluding carboxylic acids is 2. The van der Waals surface area contributed by atoms with E-state index in [0.717, 1.165) is 12.1 Å². The molecule has 3 rings (SSSR count). The first-order valence-electron chi connectivity index (χ1n) is 8.40. The molecule has 0 spiro atoms. The fourth-order valence-electron chi connectivity index (χ4n) is 3.00. The third-order valence-electron chi connectivity index (χ3n) is 4.40. The molecule has 0 atom stereocenters. The molecular formula is C16H21ClN6O2S. The number of rotatable bonds is 4. The summed E-state index contributed by atoms with van der Waals surface area (Å²) >= 11 is 7.45. The molecule has 2 aromatic heterocycles. The maximum atomic E-state index is 12.7. The number of anilines is 1. The molecule has 0 bridgehead atoms. The number of carbonyl (C=O) groups is 2. The second kappa shape index (κ2) is 8.05. The molecule has 26 heavy (non-hydrogen) atoms. The largest absolute Gasteiger partial charge is 0.375 e.